The maximum atomic E-state index is 12.6. The molecule has 0 radical (unpaired) electrons. The smallest absolute Gasteiger partial charge is 0.253 e. The Bertz CT molecular complexity index is 884. The Morgan fingerprint density at radius 2 is 1.96 bits per heavy atom. The fraction of sp³-hybridized carbons (Fsp3) is 0.300. The van der Waals surface area contributed by atoms with Crippen LogP contribution in [-0.4, -0.2) is 25.1 Å². The van der Waals surface area contributed by atoms with Crippen molar-refractivity contribution in [2.75, 3.05) is 14.2 Å². The summed E-state index contributed by atoms with van der Waals surface area (Å²) in [4.78, 5) is 27.4. The fourth-order valence-corrected chi connectivity index (χ4v) is 2.85. The summed E-state index contributed by atoms with van der Waals surface area (Å²) in [5.74, 6) is 0.756. The normalized spacial score (nSPS) is 10.3. The van der Waals surface area contributed by atoms with E-state index in [1.165, 1.54) is 7.11 Å². The van der Waals surface area contributed by atoms with Crippen LogP contribution in [0.15, 0.2) is 35.6 Å². The molecule has 138 valence electrons. The van der Waals surface area contributed by atoms with E-state index < -0.39 is 0 Å². The Morgan fingerprint density at radius 1 is 1.23 bits per heavy atom. The van der Waals surface area contributed by atoms with Gasteiger partial charge < -0.3 is 19.8 Å². The highest BCUT2D eigenvalue weighted by atomic mass is 16.5. The van der Waals surface area contributed by atoms with Gasteiger partial charge in [-0.05, 0) is 44.0 Å². The van der Waals surface area contributed by atoms with Crippen LogP contribution < -0.4 is 20.3 Å². The van der Waals surface area contributed by atoms with Gasteiger partial charge in [0.25, 0.3) is 11.5 Å². The molecule has 1 aromatic heterocycles. The number of rotatable bonds is 7. The van der Waals surface area contributed by atoms with Gasteiger partial charge in [0.1, 0.15) is 0 Å². The molecule has 26 heavy (non-hydrogen) atoms. The van der Waals surface area contributed by atoms with Gasteiger partial charge in [-0.25, -0.2) is 0 Å². The molecule has 0 atom stereocenters. The molecule has 6 heteroatoms. The van der Waals surface area contributed by atoms with E-state index in [9.17, 15) is 9.59 Å². The highest BCUT2D eigenvalue weighted by molar-refractivity contribution is 5.95. The third kappa shape index (κ3) is 4.14. The molecular formula is C20H24N2O4. The molecule has 0 unspecified atom stereocenters. The number of pyridine rings is 1. The van der Waals surface area contributed by atoms with Crippen molar-refractivity contribution in [1.29, 1.82) is 0 Å². The van der Waals surface area contributed by atoms with Crippen LogP contribution in [0.4, 0.5) is 0 Å². The summed E-state index contributed by atoms with van der Waals surface area (Å²) >= 11 is 0. The zero-order chi connectivity index (χ0) is 19.3. The maximum Gasteiger partial charge on any atom is 0.253 e. The Morgan fingerprint density at radius 3 is 2.54 bits per heavy atom. The lowest BCUT2D eigenvalue weighted by Gasteiger charge is -2.14. The summed E-state index contributed by atoms with van der Waals surface area (Å²) in [5.41, 5.74) is 3.21. The Kier molecular flexibility index (Phi) is 6.22. The molecule has 1 amide bonds. The van der Waals surface area contributed by atoms with Crippen molar-refractivity contribution >= 4 is 5.91 Å². The molecule has 2 rings (SSSR count). The van der Waals surface area contributed by atoms with Gasteiger partial charge in [-0.3, -0.25) is 9.59 Å². The van der Waals surface area contributed by atoms with Crippen molar-refractivity contribution in [2.24, 2.45) is 0 Å². The lowest BCUT2D eigenvalue weighted by Crippen LogP contribution is -2.28. The van der Waals surface area contributed by atoms with Gasteiger partial charge in [-0.15, -0.1) is 6.58 Å². The second kappa shape index (κ2) is 8.38. The van der Waals surface area contributed by atoms with Crippen LogP contribution in [0.25, 0.3) is 0 Å². The Balaban J connectivity index is 2.28. The summed E-state index contributed by atoms with van der Waals surface area (Å²) in [6.45, 7) is 7.54. The van der Waals surface area contributed by atoms with Gasteiger partial charge in [-0.1, -0.05) is 6.08 Å². The van der Waals surface area contributed by atoms with E-state index in [1.807, 2.05) is 19.9 Å². The van der Waals surface area contributed by atoms with Crippen molar-refractivity contribution in [1.82, 2.24) is 10.3 Å². The molecule has 2 N–H and O–H groups in total. The number of benzene rings is 1. The number of aromatic amines is 1. The molecule has 0 fully saturated rings. The Hall–Kier alpha value is -3.02. The quantitative estimate of drug-likeness (QED) is 0.748. The maximum absolute atomic E-state index is 12.6. The molecule has 2 aromatic rings. The van der Waals surface area contributed by atoms with Crippen molar-refractivity contribution < 1.29 is 14.3 Å². The van der Waals surface area contributed by atoms with Gasteiger partial charge in [0.2, 0.25) is 0 Å². The molecule has 1 aromatic carbocycles. The molecular weight excluding hydrogens is 332 g/mol. The molecule has 1 heterocycles. The number of aromatic nitrogens is 1. The minimum Gasteiger partial charge on any atom is -0.493 e. The zero-order valence-electron chi connectivity index (χ0n) is 15.6. The lowest BCUT2D eigenvalue weighted by atomic mass is 10.0. The predicted molar refractivity (Wildman–Crippen MR) is 101 cm³/mol. The molecule has 0 spiro atoms. The molecule has 0 bridgehead atoms. The summed E-state index contributed by atoms with van der Waals surface area (Å²) < 4.78 is 10.7. The average Bonchev–Trinajstić information content (AvgIpc) is 2.60. The van der Waals surface area contributed by atoms with E-state index >= 15 is 0 Å². The number of hydrogen-bond acceptors (Lipinski definition) is 4. The van der Waals surface area contributed by atoms with E-state index in [0.29, 0.717) is 29.0 Å². The van der Waals surface area contributed by atoms with E-state index in [2.05, 4.69) is 16.9 Å². The molecule has 0 aliphatic rings. The summed E-state index contributed by atoms with van der Waals surface area (Å²) in [7, 11) is 3.07. The van der Waals surface area contributed by atoms with E-state index in [0.717, 1.165) is 16.8 Å². The van der Waals surface area contributed by atoms with Gasteiger partial charge >= 0.3 is 0 Å². The number of methoxy groups -OCH3 is 2. The lowest BCUT2D eigenvalue weighted by molar-refractivity contribution is 0.0950. The van der Waals surface area contributed by atoms with Crippen LogP contribution in [0.5, 0.6) is 11.5 Å². The highest BCUT2D eigenvalue weighted by Gasteiger charge is 2.16. The number of carbonyl (C=O) groups is 1. The van der Waals surface area contributed by atoms with E-state index in [1.54, 1.807) is 25.3 Å². The Labute approximate surface area is 152 Å². The molecule has 6 nitrogen and oxygen atoms in total. The first kappa shape index (κ1) is 19.3. The minimum absolute atomic E-state index is 0.144. The molecule has 0 saturated heterocycles. The largest absolute Gasteiger partial charge is 0.493 e. The first-order valence-electron chi connectivity index (χ1n) is 8.24. The number of aryl methyl sites for hydroxylation is 2. The van der Waals surface area contributed by atoms with E-state index in [-0.39, 0.29) is 18.0 Å². The van der Waals surface area contributed by atoms with Crippen molar-refractivity contribution in [3.05, 3.63) is 69.2 Å². The van der Waals surface area contributed by atoms with Crippen molar-refractivity contribution in [2.45, 2.75) is 26.8 Å². The van der Waals surface area contributed by atoms with Crippen LogP contribution in [-0.2, 0) is 13.0 Å². The van der Waals surface area contributed by atoms with Gasteiger partial charge in [0.05, 0.1) is 14.2 Å². The minimum atomic E-state index is -0.296. The van der Waals surface area contributed by atoms with Crippen molar-refractivity contribution in [3.8, 4) is 11.5 Å². The second-order valence-corrected chi connectivity index (χ2v) is 5.99. The topological polar surface area (TPSA) is 80.4 Å². The first-order valence-corrected chi connectivity index (χ1v) is 8.24. The fourth-order valence-electron chi connectivity index (χ4n) is 2.85. The van der Waals surface area contributed by atoms with Gasteiger partial charge in [0.15, 0.2) is 11.5 Å². The van der Waals surface area contributed by atoms with Crippen LogP contribution in [0.3, 0.4) is 0 Å². The predicted octanol–water partition coefficient (Wildman–Crippen LogP) is 2.67. The standard InChI is InChI=1S/C20H24N2O4/c1-6-7-14-9-15(10-17(25-4)18(14)26-5)19(23)21-11-16-12(2)8-13(3)22-20(16)24/h6,8-10H,1,7,11H2,2-5H3,(H,21,23)(H,22,24). The number of nitrogens with one attached hydrogen (secondary N) is 2. The van der Waals surface area contributed by atoms with Crippen LogP contribution in [0.2, 0.25) is 0 Å². The number of allylic oxidation sites excluding steroid dienone is 1. The second-order valence-electron chi connectivity index (χ2n) is 5.99. The molecule has 0 saturated carbocycles. The number of carbonyl (C=O) groups excluding carboxylic acids is 1. The average molecular weight is 356 g/mol. The zero-order valence-corrected chi connectivity index (χ0v) is 15.6. The summed E-state index contributed by atoms with van der Waals surface area (Å²) in [6, 6.07) is 5.24. The number of amides is 1. The van der Waals surface area contributed by atoms with Crippen molar-refractivity contribution in [3.63, 3.8) is 0 Å². The first-order chi connectivity index (χ1) is 12.4. The SMILES string of the molecule is C=CCc1cc(C(=O)NCc2c(C)cc(C)[nH]c2=O)cc(OC)c1OC. The summed E-state index contributed by atoms with van der Waals surface area (Å²) in [5, 5.41) is 2.79. The molecule has 0 aliphatic heterocycles. The third-order valence-corrected chi connectivity index (χ3v) is 4.10. The van der Waals surface area contributed by atoms with Gasteiger partial charge in [0, 0.05) is 28.9 Å². The summed E-state index contributed by atoms with van der Waals surface area (Å²) in [6.07, 6.45) is 2.27. The monoisotopic (exact) mass is 356 g/mol. The van der Waals surface area contributed by atoms with Crippen LogP contribution in [0.1, 0.15) is 32.7 Å². The number of hydrogen-bond donors (Lipinski definition) is 2. The van der Waals surface area contributed by atoms with Crippen LogP contribution >= 0.6 is 0 Å². The van der Waals surface area contributed by atoms with Gasteiger partial charge in [-0.2, -0.15) is 0 Å². The number of H-pyrrole nitrogens is 1. The number of ether oxygens (including phenoxy) is 2. The van der Waals surface area contributed by atoms with Crippen LogP contribution in [0, 0.1) is 13.8 Å². The highest BCUT2D eigenvalue weighted by Crippen LogP contribution is 2.33. The molecule has 0 aliphatic carbocycles. The third-order valence-electron chi connectivity index (χ3n) is 4.10. The van der Waals surface area contributed by atoms with E-state index in [4.69, 9.17) is 9.47 Å².